The molecule has 2 aromatic carbocycles. The predicted octanol–water partition coefficient (Wildman–Crippen LogP) is 6.95. The standard InChI is InChI=1S/C31H30ClN3O2S/c1-19(2)21-8-10-22(11-9-21)28-29-23-14-15-34(16-20-6-4-3-5-7-20)18-25(23)38-31(29)33-24(30(28)32)17-35-26(36)12-13-27(35)37/h3-11,19H,12-18H2,1-2H3. The zero-order valence-corrected chi connectivity index (χ0v) is 23.2. The number of likely N-dealkylation sites (tertiary alicyclic amines) is 1. The molecule has 0 atom stereocenters. The summed E-state index contributed by atoms with van der Waals surface area (Å²) in [7, 11) is 0. The lowest BCUT2D eigenvalue weighted by atomic mass is 9.94. The third-order valence-electron chi connectivity index (χ3n) is 7.65. The van der Waals surface area contributed by atoms with Gasteiger partial charge in [0, 0.05) is 48.3 Å². The van der Waals surface area contributed by atoms with E-state index in [9.17, 15) is 9.59 Å². The molecular weight excluding hydrogens is 514 g/mol. The number of fused-ring (bicyclic) bond motifs is 3. The molecule has 1 fully saturated rings. The van der Waals surface area contributed by atoms with Gasteiger partial charge >= 0.3 is 0 Å². The van der Waals surface area contributed by atoms with Crippen LogP contribution in [0.3, 0.4) is 0 Å². The van der Waals surface area contributed by atoms with Gasteiger partial charge in [-0.1, -0.05) is 80.0 Å². The van der Waals surface area contributed by atoms with E-state index >= 15 is 0 Å². The van der Waals surface area contributed by atoms with Crippen molar-refractivity contribution >= 4 is 45.0 Å². The number of amides is 2. The summed E-state index contributed by atoms with van der Waals surface area (Å²) in [5.74, 6) is 0.125. The molecule has 4 aromatic rings. The highest BCUT2D eigenvalue weighted by Gasteiger charge is 2.32. The first kappa shape index (κ1) is 25.2. The number of pyridine rings is 1. The van der Waals surface area contributed by atoms with Gasteiger partial charge in [0.05, 0.1) is 17.3 Å². The number of halogens is 1. The first-order chi connectivity index (χ1) is 18.4. The second-order valence-corrected chi connectivity index (χ2v) is 12.0. The Morgan fingerprint density at radius 1 is 0.947 bits per heavy atom. The Morgan fingerprint density at radius 3 is 2.34 bits per heavy atom. The van der Waals surface area contributed by atoms with Gasteiger partial charge in [-0.3, -0.25) is 19.4 Å². The minimum Gasteiger partial charge on any atom is -0.294 e. The van der Waals surface area contributed by atoms with Crippen LogP contribution in [0.1, 0.15) is 59.9 Å². The van der Waals surface area contributed by atoms with Crippen LogP contribution in [-0.4, -0.2) is 33.1 Å². The quantitative estimate of drug-likeness (QED) is 0.247. The summed E-state index contributed by atoms with van der Waals surface area (Å²) in [5.41, 5.74) is 6.51. The lowest BCUT2D eigenvalue weighted by Gasteiger charge is -2.27. The smallest absolute Gasteiger partial charge is 0.230 e. The van der Waals surface area contributed by atoms with Crippen molar-refractivity contribution in [3.8, 4) is 11.1 Å². The normalized spacial score (nSPS) is 16.2. The third kappa shape index (κ3) is 4.66. The number of rotatable bonds is 6. The van der Waals surface area contributed by atoms with Crippen molar-refractivity contribution in [3.05, 3.63) is 86.9 Å². The molecule has 194 valence electrons. The number of hydrogen-bond acceptors (Lipinski definition) is 5. The van der Waals surface area contributed by atoms with Crippen LogP contribution in [0.25, 0.3) is 21.3 Å². The van der Waals surface area contributed by atoms with Gasteiger partial charge in [0.25, 0.3) is 0 Å². The fourth-order valence-corrected chi connectivity index (χ4v) is 7.14. The molecule has 0 aliphatic carbocycles. The summed E-state index contributed by atoms with van der Waals surface area (Å²) in [6.45, 7) is 7.24. The predicted molar refractivity (Wildman–Crippen MR) is 153 cm³/mol. The molecule has 0 unspecified atom stereocenters. The van der Waals surface area contributed by atoms with Gasteiger partial charge in [-0.05, 0) is 34.6 Å². The fraction of sp³-hybridized carbons (Fsp3) is 0.323. The van der Waals surface area contributed by atoms with E-state index in [4.69, 9.17) is 16.6 Å². The van der Waals surface area contributed by atoms with Crippen LogP contribution in [-0.2, 0) is 35.6 Å². The molecule has 2 amide bonds. The Hall–Kier alpha value is -3.06. The Balaban J connectivity index is 1.44. The zero-order chi connectivity index (χ0) is 26.4. The van der Waals surface area contributed by atoms with Crippen molar-refractivity contribution in [1.82, 2.24) is 14.8 Å². The summed E-state index contributed by atoms with van der Waals surface area (Å²) in [6.07, 6.45) is 1.44. The number of thiophene rings is 1. The van der Waals surface area contributed by atoms with Crippen molar-refractivity contribution in [1.29, 1.82) is 0 Å². The molecule has 2 aromatic heterocycles. The molecule has 4 heterocycles. The molecule has 38 heavy (non-hydrogen) atoms. The topological polar surface area (TPSA) is 53.5 Å². The summed E-state index contributed by atoms with van der Waals surface area (Å²) >= 11 is 8.83. The van der Waals surface area contributed by atoms with Crippen molar-refractivity contribution in [2.45, 2.75) is 58.7 Å². The molecule has 0 bridgehead atoms. The van der Waals surface area contributed by atoms with Gasteiger partial charge in [0.15, 0.2) is 0 Å². The minimum absolute atomic E-state index is 0.117. The summed E-state index contributed by atoms with van der Waals surface area (Å²) in [5, 5.41) is 1.66. The maximum atomic E-state index is 12.4. The van der Waals surface area contributed by atoms with E-state index in [1.807, 2.05) is 0 Å². The number of nitrogens with zero attached hydrogens (tertiary/aromatic N) is 3. The van der Waals surface area contributed by atoms with Gasteiger partial charge in [-0.2, -0.15) is 0 Å². The van der Waals surface area contributed by atoms with Crippen molar-refractivity contribution in [2.75, 3.05) is 6.54 Å². The molecule has 7 heteroatoms. The molecule has 2 aliphatic rings. The molecule has 6 rings (SSSR count). The average molecular weight is 544 g/mol. The highest BCUT2D eigenvalue weighted by atomic mass is 35.5. The van der Waals surface area contributed by atoms with Gasteiger partial charge in [-0.25, -0.2) is 4.98 Å². The van der Waals surface area contributed by atoms with E-state index < -0.39 is 0 Å². The van der Waals surface area contributed by atoms with E-state index in [1.165, 1.54) is 26.5 Å². The Labute approximate surface area is 232 Å². The van der Waals surface area contributed by atoms with Gasteiger partial charge in [-0.15, -0.1) is 11.3 Å². The number of carbonyl (C=O) groups excluding carboxylic acids is 2. The van der Waals surface area contributed by atoms with Crippen LogP contribution < -0.4 is 0 Å². The molecule has 5 nitrogen and oxygen atoms in total. The second-order valence-electron chi connectivity index (χ2n) is 10.5. The summed E-state index contributed by atoms with van der Waals surface area (Å²) < 4.78 is 0. The number of hydrogen-bond donors (Lipinski definition) is 0. The first-order valence-corrected chi connectivity index (χ1v) is 14.4. The lowest BCUT2D eigenvalue weighted by molar-refractivity contribution is -0.139. The van der Waals surface area contributed by atoms with Crippen molar-refractivity contribution in [3.63, 3.8) is 0 Å². The van der Waals surface area contributed by atoms with Crippen LogP contribution in [0.5, 0.6) is 0 Å². The maximum absolute atomic E-state index is 12.4. The number of imide groups is 1. The molecular formula is C31H30ClN3O2S. The second kappa shape index (κ2) is 10.3. The van der Waals surface area contributed by atoms with Crippen molar-refractivity contribution in [2.24, 2.45) is 0 Å². The highest BCUT2D eigenvalue weighted by molar-refractivity contribution is 7.19. The lowest BCUT2D eigenvalue weighted by Crippen LogP contribution is -2.29. The molecule has 1 saturated heterocycles. The summed E-state index contributed by atoms with van der Waals surface area (Å²) in [4.78, 5) is 35.8. The van der Waals surface area contributed by atoms with E-state index in [2.05, 4.69) is 73.3 Å². The van der Waals surface area contributed by atoms with E-state index in [0.717, 1.165) is 47.4 Å². The fourth-order valence-electron chi connectivity index (χ4n) is 5.54. The monoisotopic (exact) mass is 543 g/mol. The summed E-state index contributed by atoms with van der Waals surface area (Å²) in [6, 6.07) is 19.2. The van der Waals surface area contributed by atoms with Gasteiger partial charge in [0.2, 0.25) is 11.8 Å². The first-order valence-electron chi connectivity index (χ1n) is 13.2. The van der Waals surface area contributed by atoms with Crippen LogP contribution in [0.2, 0.25) is 5.02 Å². The van der Waals surface area contributed by atoms with Crippen LogP contribution in [0, 0.1) is 0 Å². The number of carbonyl (C=O) groups is 2. The van der Waals surface area contributed by atoms with E-state index in [1.54, 1.807) is 11.3 Å². The SMILES string of the molecule is CC(C)c1ccc(-c2c(Cl)c(CN3C(=O)CCC3=O)nc3sc4c(c23)CCN(Cc2ccccc2)C4)cc1. The Morgan fingerprint density at radius 2 is 1.66 bits per heavy atom. The molecule has 0 radical (unpaired) electrons. The highest BCUT2D eigenvalue weighted by Crippen LogP contribution is 2.45. The van der Waals surface area contributed by atoms with Gasteiger partial charge < -0.3 is 0 Å². The van der Waals surface area contributed by atoms with E-state index in [-0.39, 0.29) is 31.2 Å². The van der Waals surface area contributed by atoms with Crippen LogP contribution >= 0.6 is 22.9 Å². The molecule has 0 N–H and O–H groups in total. The minimum atomic E-state index is -0.155. The maximum Gasteiger partial charge on any atom is 0.230 e. The molecule has 2 aliphatic heterocycles. The third-order valence-corrected chi connectivity index (χ3v) is 9.17. The number of aromatic nitrogens is 1. The molecule has 0 spiro atoms. The Bertz CT molecular complexity index is 1510. The van der Waals surface area contributed by atoms with Crippen molar-refractivity contribution < 1.29 is 9.59 Å². The van der Waals surface area contributed by atoms with Gasteiger partial charge in [0.1, 0.15) is 4.83 Å². The zero-order valence-electron chi connectivity index (χ0n) is 21.7. The largest absolute Gasteiger partial charge is 0.294 e. The van der Waals surface area contributed by atoms with Crippen LogP contribution in [0.4, 0.5) is 0 Å². The number of benzene rings is 2. The Kier molecular flexibility index (Phi) is 6.81. The van der Waals surface area contributed by atoms with Crippen LogP contribution in [0.15, 0.2) is 54.6 Å². The average Bonchev–Trinajstić information content (AvgIpc) is 3.43. The van der Waals surface area contributed by atoms with E-state index in [0.29, 0.717) is 16.6 Å². The molecule has 0 saturated carbocycles.